The summed E-state index contributed by atoms with van der Waals surface area (Å²) in [5.41, 5.74) is 1.98. The van der Waals surface area contributed by atoms with Crippen LogP contribution in [0.1, 0.15) is 25.7 Å². The fourth-order valence-electron chi connectivity index (χ4n) is 3.61. The maximum Gasteiger partial charge on any atom is 0.339 e. The van der Waals surface area contributed by atoms with E-state index in [1.165, 1.54) is 18.2 Å². The van der Waals surface area contributed by atoms with Crippen LogP contribution in [-0.2, 0) is 19.6 Å². The van der Waals surface area contributed by atoms with Crippen molar-refractivity contribution in [3.63, 3.8) is 0 Å². The van der Waals surface area contributed by atoms with E-state index in [0.717, 1.165) is 38.0 Å². The number of rotatable bonds is 8. The topological polar surface area (TPSA) is 122 Å². The van der Waals surface area contributed by atoms with Crippen molar-refractivity contribution < 1.29 is 22.1 Å². The summed E-state index contributed by atoms with van der Waals surface area (Å²) >= 11 is 0. The van der Waals surface area contributed by atoms with Crippen molar-refractivity contribution in [3.8, 4) is 5.75 Å². The molecule has 32 heavy (non-hydrogen) atoms. The zero-order valence-electron chi connectivity index (χ0n) is 17.3. The van der Waals surface area contributed by atoms with Gasteiger partial charge in [0.2, 0.25) is 11.9 Å². The lowest BCUT2D eigenvalue weighted by Gasteiger charge is -2.12. The van der Waals surface area contributed by atoms with Gasteiger partial charge in [-0.15, -0.1) is 0 Å². The smallest absolute Gasteiger partial charge is 0.339 e. The first-order valence-electron chi connectivity index (χ1n) is 10.7. The quantitative estimate of drug-likeness (QED) is 0.445. The van der Waals surface area contributed by atoms with E-state index in [1.807, 2.05) is 0 Å². The van der Waals surface area contributed by atoms with E-state index in [2.05, 4.69) is 20.6 Å². The fraction of sp³-hybridized carbons (Fsp3) is 0.364. The molecule has 2 heterocycles. The van der Waals surface area contributed by atoms with Crippen molar-refractivity contribution in [1.82, 2.24) is 9.97 Å². The van der Waals surface area contributed by atoms with Crippen LogP contribution in [0.5, 0.6) is 5.75 Å². The number of ether oxygens (including phenoxy) is 1. The van der Waals surface area contributed by atoms with Gasteiger partial charge in [-0.05, 0) is 62.1 Å². The van der Waals surface area contributed by atoms with Crippen LogP contribution in [0.3, 0.4) is 0 Å². The molecule has 5 rings (SSSR count). The highest BCUT2D eigenvalue weighted by Crippen LogP contribution is 2.30. The molecule has 3 aromatic rings. The van der Waals surface area contributed by atoms with Crippen LogP contribution in [0.15, 0.2) is 47.4 Å². The molecule has 2 fully saturated rings. The van der Waals surface area contributed by atoms with E-state index >= 15 is 0 Å². The van der Waals surface area contributed by atoms with Gasteiger partial charge in [-0.2, -0.15) is 8.42 Å². The number of aromatic nitrogens is 2. The molecular weight excluding hydrogens is 432 g/mol. The maximum absolute atomic E-state index is 12.7. The number of amides is 1. The predicted octanol–water partition coefficient (Wildman–Crippen LogP) is 3.27. The van der Waals surface area contributed by atoms with Crippen LogP contribution in [0.25, 0.3) is 11.0 Å². The fourth-order valence-corrected chi connectivity index (χ4v) is 4.53. The summed E-state index contributed by atoms with van der Waals surface area (Å²) in [6.45, 7) is 1.48. The lowest BCUT2D eigenvalue weighted by atomic mass is 10.2. The Morgan fingerprint density at radius 3 is 2.69 bits per heavy atom. The van der Waals surface area contributed by atoms with Gasteiger partial charge in [-0.3, -0.25) is 10.1 Å². The van der Waals surface area contributed by atoms with E-state index in [9.17, 15) is 13.2 Å². The average Bonchev–Trinajstić information content (AvgIpc) is 3.35. The Kier molecular flexibility index (Phi) is 5.48. The number of nitrogens with one attached hydrogen (secondary N) is 3. The Hall–Kier alpha value is -3.11. The first-order chi connectivity index (χ1) is 15.5. The molecule has 1 saturated carbocycles. The minimum Gasteiger partial charge on any atom is -0.382 e. The first-order valence-corrected chi connectivity index (χ1v) is 12.1. The molecule has 2 aliphatic rings. The van der Waals surface area contributed by atoms with Gasteiger partial charge < -0.3 is 19.2 Å². The second kappa shape index (κ2) is 8.44. The van der Waals surface area contributed by atoms with Gasteiger partial charge in [0.15, 0.2) is 0 Å². The van der Waals surface area contributed by atoms with Crippen molar-refractivity contribution in [1.29, 1.82) is 0 Å². The van der Waals surface area contributed by atoms with Gasteiger partial charge in [0.05, 0.1) is 17.1 Å². The summed E-state index contributed by atoms with van der Waals surface area (Å²) in [5.74, 6) is 0.481. The number of carbonyl (C=O) groups is 1. The van der Waals surface area contributed by atoms with Crippen molar-refractivity contribution in [3.05, 3.63) is 42.5 Å². The van der Waals surface area contributed by atoms with Crippen LogP contribution >= 0.6 is 0 Å². The molecule has 10 heteroatoms. The van der Waals surface area contributed by atoms with Gasteiger partial charge >= 0.3 is 10.1 Å². The summed E-state index contributed by atoms with van der Waals surface area (Å²) in [6, 6.07) is 11.2. The number of nitrogens with zero attached hydrogens (tertiary/aromatic N) is 1. The number of hydrogen-bond acceptors (Lipinski definition) is 7. The van der Waals surface area contributed by atoms with Crippen LogP contribution in [0, 0.1) is 5.92 Å². The highest BCUT2D eigenvalue weighted by atomic mass is 32.2. The lowest BCUT2D eigenvalue weighted by Crippen LogP contribution is -2.18. The molecule has 1 amide bonds. The Labute approximate surface area is 185 Å². The zero-order chi connectivity index (χ0) is 22.1. The summed E-state index contributed by atoms with van der Waals surface area (Å²) in [5, 5.41) is 6.00. The van der Waals surface area contributed by atoms with E-state index in [1.54, 1.807) is 24.3 Å². The first kappa shape index (κ1) is 20.8. The number of fused-ring (bicyclic) bond motifs is 1. The van der Waals surface area contributed by atoms with Gasteiger partial charge in [-0.25, -0.2) is 4.98 Å². The van der Waals surface area contributed by atoms with E-state index in [-0.39, 0.29) is 28.6 Å². The summed E-state index contributed by atoms with van der Waals surface area (Å²) < 4.78 is 36.3. The minimum absolute atomic E-state index is 0.0553. The Bertz CT molecular complexity index is 1230. The molecular formula is C22H24N4O5S. The molecule has 0 unspecified atom stereocenters. The van der Waals surface area contributed by atoms with Crippen LogP contribution < -0.4 is 14.8 Å². The summed E-state index contributed by atoms with van der Waals surface area (Å²) in [6.07, 6.45) is 4.09. The number of hydrogen-bond donors (Lipinski definition) is 3. The normalized spacial score (nSPS) is 18.6. The van der Waals surface area contributed by atoms with Crippen LogP contribution in [0.4, 0.5) is 11.6 Å². The van der Waals surface area contributed by atoms with E-state index < -0.39 is 10.1 Å². The molecule has 0 bridgehead atoms. The Morgan fingerprint density at radius 2 is 1.97 bits per heavy atom. The molecule has 0 spiro atoms. The van der Waals surface area contributed by atoms with Crippen molar-refractivity contribution in [2.45, 2.75) is 36.7 Å². The number of aromatic amines is 1. The molecule has 1 aliphatic heterocycles. The minimum atomic E-state index is -4.00. The average molecular weight is 457 g/mol. The van der Waals surface area contributed by atoms with Gasteiger partial charge in [0.25, 0.3) is 0 Å². The monoisotopic (exact) mass is 456 g/mol. The summed E-state index contributed by atoms with van der Waals surface area (Å²) in [4.78, 5) is 19.3. The van der Waals surface area contributed by atoms with E-state index in [0.29, 0.717) is 23.5 Å². The van der Waals surface area contributed by atoms with Crippen molar-refractivity contribution in [2.75, 3.05) is 23.8 Å². The molecule has 1 atom stereocenters. The van der Waals surface area contributed by atoms with Gasteiger partial charge in [-0.1, -0.05) is 0 Å². The Morgan fingerprint density at radius 1 is 1.16 bits per heavy atom. The highest BCUT2D eigenvalue weighted by Gasteiger charge is 2.30. The second-order valence-electron chi connectivity index (χ2n) is 8.11. The predicted molar refractivity (Wildman–Crippen MR) is 119 cm³/mol. The summed E-state index contributed by atoms with van der Waals surface area (Å²) in [7, 11) is -4.00. The molecule has 1 aliphatic carbocycles. The molecule has 168 valence electrons. The third-order valence-corrected chi connectivity index (χ3v) is 6.81. The van der Waals surface area contributed by atoms with Gasteiger partial charge in [0.1, 0.15) is 10.6 Å². The van der Waals surface area contributed by atoms with Crippen LogP contribution in [0.2, 0.25) is 0 Å². The number of imidazole rings is 1. The molecule has 0 radical (unpaired) electrons. The van der Waals surface area contributed by atoms with Crippen molar-refractivity contribution >= 4 is 38.7 Å². The third-order valence-electron chi connectivity index (χ3n) is 5.55. The Balaban J connectivity index is 1.25. The lowest BCUT2D eigenvalue weighted by molar-refractivity contribution is -0.117. The molecule has 3 N–H and O–H groups in total. The third kappa shape index (κ3) is 4.71. The van der Waals surface area contributed by atoms with Gasteiger partial charge in [0, 0.05) is 30.8 Å². The number of benzene rings is 2. The number of anilines is 2. The molecule has 1 saturated heterocycles. The number of carbonyl (C=O) groups excluding carboxylic acids is 1. The SMILES string of the molecule is O=C(Nc1nc2cc(OS(=O)(=O)c3ccc(NC[C@H]4CCCO4)cc3)ccc2[nH]1)C1CC1. The number of H-pyrrole nitrogens is 1. The van der Waals surface area contributed by atoms with E-state index in [4.69, 9.17) is 8.92 Å². The largest absolute Gasteiger partial charge is 0.382 e. The maximum atomic E-state index is 12.7. The highest BCUT2D eigenvalue weighted by molar-refractivity contribution is 7.87. The molecule has 1 aromatic heterocycles. The zero-order valence-corrected chi connectivity index (χ0v) is 18.2. The van der Waals surface area contributed by atoms with Crippen molar-refractivity contribution in [2.24, 2.45) is 5.92 Å². The second-order valence-corrected chi connectivity index (χ2v) is 9.65. The molecule has 9 nitrogen and oxygen atoms in total. The van der Waals surface area contributed by atoms with Crippen LogP contribution in [-0.4, -0.2) is 43.5 Å². The standard InChI is InChI=1S/C22H24N4O5S/c27-21(14-3-4-14)26-22-24-19-10-7-16(12-20(19)25-22)31-32(28,29)18-8-5-15(6-9-18)23-13-17-2-1-11-30-17/h5-10,12,14,17,23H,1-4,11,13H2,(H2,24,25,26,27)/t17-/m1/s1. The molecule has 2 aromatic carbocycles.